The Balaban J connectivity index is 2.11. The summed E-state index contributed by atoms with van der Waals surface area (Å²) in [5.41, 5.74) is 5.99. The van der Waals surface area contributed by atoms with Crippen LogP contribution in [0.15, 0.2) is 59.9 Å². The van der Waals surface area contributed by atoms with Crippen LogP contribution in [0.1, 0.15) is 0 Å². The van der Waals surface area contributed by atoms with Crippen LogP contribution in [0.3, 0.4) is 0 Å². The second-order valence-electron chi connectivity index (χ2n) is 4.40. The normalized spacial score (nSPS) is 11.4. The van der Waals surface area contributed by atoms with Gasteiger partial charge in [0.25, 0.3) is 10.0 Å². The van der Waals surface area contributed by atoms with Crippen LogP contribution in [-0.4, -0.2) is 18.4 Å². The molecule has 0 saturated carbocycles. The molecule has 1 aromatic carbocycles. The van der Waals surface area contributed by atoms with Gasteiger partial charge in [0.2, 0.25) is 0 Å². The lowest BCUT2D eigenvalue weighted by molar-refractivity contribution is 0.602. The van der Waals surface area contributed by atoms with Gasteiger partial charge >= 0.3 is 0 Å². The summed E-state index contributed by atoms with van der Waals surface area (Å²) in [6.07, 6.45) is 4.64. The Bertz CT molecular complexity index is 904. The average Bonchev–Trinajstić information content (AvgIpc) is 2.49. The third kappa shape index (κ3) is 2.50. The molecule has 106 valence electrons. The molecule has 3 N–H and O–H groups in total. The third-order valence-electron chi connectivity index (χ3n) is 3.00. The summed E-state index contributed by atoms with van der Waals surface area (Å²) in [4.78, 5) is 8.09. The number of anilines is 2. The molecule has 3 rings (SSSR count). The summed E-state index contributed by atoms with van der Waals surface area (Å²) in [6, 6.07) is 9.88. The van der Waals surface area contributed by atoms with Crippen LogP contribution in [0.5, 0.6) is 0 Å². The van der Waals surface area contributed by atoms with Gasteiger partial charge in [-0.3, -0.25) is 9.71 Å². The maximum absolute atomic E-state index is 12.5. The molecule has 0 aliphatic heterocycles. The first-order valence-electron chi connectivity index (χ1n) is 6.14. The topological polar surface area (TPSA) is 98.0 Å². The Morgan fingerprint density at radius 3 is 2.71 bits per heavy atom. The molecule has 0 unspecified atom stereocenters. The molecule has 0 saturated heterocycles. The highest BCUT2D eigenvalue weighted by molar-refractivity contribution is 7.93. The van der Waals surface area contributed by atoms with E-state index in [1.165, 1.54) is 12.3 Å². The number of hydrogen-bond donors (Lipinski definition) is 2. The van der Waals surface area contributed by atoms with Crippen molar-refractivity contribution < 1.29 is 8.42 Å². The number of sulfonamides is 1. The van der Waals surface area contributed by atoms with Crippen molar-refractivity contribution >= 4 is 32.3 Å². The fourth-order valence-electron chi connectivity index (χ4n) is 2.01. The molecule has 21 heavy (non-hydrogen) atoms. The van der Waals surface area contributed by atoms with Gasteiger partial charge in [0.05, 0.1) is 10.6 Å². The summed E-state index contributed by atoms with van der Waals surface area (Å²) in [5.74, 6) is 0.114. The van der Waals surface area contributed by atoms with E-state index >= 15 is 0 Å². The largest absolute Gasteiger partial charge is 0.396 e. The first-order valence-corrected chi connectivity index (χ1v) is 7.62. The number of fused-ring (bicyclic) bond motifs is 1. The fourth-order valence-corrected chi connectivity index (χ4v) is 3.28. The van der Waals surface area contributed by atoms with E-state index in [2.05, 4.69) is 14.7 Å². The Morgan fingerprint density at radius 2 is 1.90 bits per heavy atom. The lowest BCUT2D eigenvalue weighted by Crippen LogP contribution is -2.15. The molecule has 0 amide bonds. The number of hydrogen-bond acceptors (Lipinski definition) is 5. The summed E-state index contributed by atoms with van der Waals surface area (Å²) in [6.45, 7) is 0. The molecule has 0 radical (unpaired) electrons. The smallest absolute Gasteiger partial charge is 0.263 e. The Kier molecular flexibility index (Phi) is 3.19. The maximum Gasteiger partial charge on any atom is 0.263 e. The number of rotatable bonds is 3. The van der Waals surface area contributed by atoms with Crippen LogP contribution in [0, 0.1) is 0 Å². The highest BCUT2D eigenvalue weighted by Gasteiger charge is 2.18. The van der Waals surface area contributed by atoms with Gasteiger partial charge in [0.1, 0.15) is 0 Å². The van der Waals surface area contributed by atoms with Gasteiger partial charge in [-0.1, -0.05) is 12.1 Å². The van der Waals surface area contributed by atoms with Crippen molar-refractivity contribution in [3.8, 4) is 0 Å². The molecule has 0 fully saturated rings. The minimum absolute atomic E-state index is 0.114. The van der Waals surface area contributed by atoms with Crippen LogP contribution in [-0.2, 0) is 10.0 Å². The van der Waals surface area contributed by atoms with Crippen molar-refractivity contribution in [3.63, 3.8) is 0 Å². The number of nitrogens with zero attached hydrogens (tertiary/aromatic N) is 2. The molecule has 0 spiro atoms. The Morgan fingerprint density at radius 1 is 1.05 bits per heavy atom. The van der Waals surface area contributed by atoms with Gasteiger partial charge in [-0.05, 0) is 24.3 Å². The molecule has 2 aromatic heterocycles. The summed E-state index contributed by atoms with van der Waals surface area (Å²) < 4.78 is 27.5. The van der Waals surface area contributed by atoms with Crippen LogP contribution < -0.4 is 10.5 Å². The zero-order valence-corrected chi connectivity index (χ0v) is 11.7. The first-order chi connectivity index (χ1) is 10.1. The van der Waals surface area contributed by atoms with Gasteiger partial charge in [-0.15, -0.1) is 0 Å². The molecule has 2 heterocycles. The molecular weight excluding hydrogens is 288 g/mol. The van der Waals surface area contributed by atoms with Gasteiger partial charge in [-0.2, -0.15) is 0 Å². The Labute approximate surface area is 121 Å². The SMILES string of the molecule is Nc1cccnc1NS(=O)(=O)c1cccc2cnccc12. The van der Waals surface area contributed by atoms with E-state index in [4.69, 9.17) is 5.73 Å². The summed E-state index contributed by atoms with van der Waals surface area (Å²) >= 11 is 0. The standard InChI is InChI=1S/C14H12N4O2S/c15-12-4-2-7-17-14(12)18-21(19,20)13-5-1-3-10-9-16-8-6-11(10)13/h1-9H,15H2,(H,17,18). The summed E-state index contributed by atoms with van der Waals surface area (Å²) in [5, 5.41) is 1.34. The fraction of sp³-hybridized carbons (Fsp3) is 0. The van der Waals surface area contributed by atoms with Crippen LogP contribution in [0.4, 0.5) is 11.5 Å². The lowest BCUT2D eigenvalue weighted by atomic mass is 10.2. The van der Waals surface area contributed by atoms with Gasteiger partial charge < -0.3 is 5.73 Å². The zero-order chi connectivity index (χ0) is 14.9. The van der Waals surface area contributed by atoms with Crippen molar-refractivity contribution in [1.29, 1.82) is 0 Å². The number of nitrogens with one attached hydrogen (secondary N) is 1. The van der Waals surface area contributed by atoms with Gasteiger partial charge in [0.15, 0.2) is 5.82 Å². The molecule has 7 heteroatoms. The van der Waals surface area contributed by atoms with Crippen molar-refractivity contribution in [1.82, 2.24) is 9.97 Å². The van der Waals surface area contributed by atoms with Gasteiger partial charge in [0, 0.05) is 29.4 Å². The average molecular weight is 300 g/mol. The molecule has 0 bridgehead atoms. The second kappa shape index (κ2) is 5.02. The van der Waals surface area contributed by atoms with E-state index in [0.29, 0.717) is 5.39 Å². The zero-order valence-electron chi connectivity index (χ0n) is 10.9. The quantitative estimate of drug-likeness (QED) is 0.771. The molecule has 0 aliphatic rings. The van der Waals surface area contributed by atoms with Crippen molar-refractivity contribution in [3.05, 3.63) is 55.0 Å². The summed E-state index contributed by atoms with van der Waals surface area (Å²) in [7, 11) is -3.78. The van der Waals surface area contributed by atoms with E-state index in [-0.39, 0.29) is 16.4 Å². The van der Waals surface area contributed by atoms with Crippen molar-refractivity contribution in [2.24, 2.45) is 0 Å². The van der Waals surface area contributed by atoms with Crippen molar-refractivity contribution in [2.45, 2.75) is 4.90 Å². The molecule has 3 aromatic rings. The van der Waals surface area contributed by atoms with Crippen LogP contribution >= 0.6 is 0 Å². The van der Waals surface area contributed by atoms with Gasteiger partial charge in [-0.25, -0.2) is 13.4 Å². The minimum atomic E-state index is -3.78. The maximum atomic E-state index is 12.5. The van der Waals surface area contributed by atoms with Crippen molar-refractivity contribution in [2.75, 3.05) is 10.5 Å². The second-order valence-corrected chi connectivity index (χ2v) is 6.05. The van der Waals surface area contributed by atoms with Crippen LogP contribution in [0.25, 0.3) is 10.8 Å². The monoisotopic (exact) mass is 300 g/mol. The Hall–Kier alpha value is -2.67. The predicted octanol–water partition coefficient (Wildman–Crippen LogP) is 2.01. The molecule has 6 nitrogen and oxygen atoms in total. The molecular formula is C14H12N4O2S. The van der Waals surface area contributed by atoms with E-state index in [1.807, 2.05) is 0 Å². The number of nitrogens with two attached hydrogens (primary N) is 1. The first kappa shape index (κ1) is 13.3. The third-order valence-corrected chi connectivity index (χ3v) is 4.40. The number of pyridine rings is 2. The highest BCUT2D eigenvalue weighted by atomic mass is 32.2. The highest BCUT2D eigenvalue weighted by Crippen LogP contribution is 2.25. The van der Waals surface area contributed by atoms with Crippen LogP contribution in [0.2, 0.25) is 0 Å². The van der Waals surface area contributed by atoms with E-state index < -0.39 is 10.0 Å². The van der Waals surface area contributed by atoms with E-state index in [1.54, 1.807) is 42.7 Å². The minimum Gasteiger partial charge on any atom is -0.396 e. The molecule has 0 aliphatic carbocycles. The number of aromatic nitrogens is 2. The van der Waals surface area contributed by atoms with E-state index in [0.717, 1.165) is 5.39 Å². The number of nitrogen functional groups attached to an aromatic ring is 1. The lowest BCUT2D eigenvalue weighted by Gasteiger charge is -2.11. The van der Waals surface area contributed by atoms with E-state index in [9.17, 15) is 8.42 Å². The molecule has 0 atom stereocenters. The predicted molar refractivity (Wildman–Crippen MR) is 81.2 cm³/mol. The number of benzene rings is 1.